The summed E-state index contributed by atoms with van der Waals surface area (Å²) in [7, 11) is -9.38. The first-order chi connectivity index (χ1) is 35.8. The van der Waals surface area contributed by atoms with Crippen LogP contribution in [0.2, 0.25) is 0 Å². The maximum Gasteiger partial charge on any atom is 0.489 e. The Hall–Kier alpha value is -6.93. The minimum absolute atomic E-state index is 0.00710. The molecular weight excluding hydrogens is 1120 g/mol. The number of carbonyl (C=O) groups is 2. The van der Waals surface area contributed by atoms with E-state index in [1.54, 1.807) is 99.9 Å². The Labute approximate surface area is 455 Å². The zero-order valence-electron chi connectivity index (χ0n) is 42.5. The molecule has 392 valence electrons. The van der Waals surface area contributed by atoms with Crippen molar-refractivity contribution < 1.29 is 36.5 Å². The van der Waals surface area contributed by atoms with Gasteiger partial charge in [0, 0.05) is 62.6 Å². The van der Waals surface area contributed by atoms with Gasteiger partial charge in [0.1, 0.15) is 11.4 Å². The highest BCUT2D eigenvalue weighted by atomic mass is 127. The average Bonchev–Trinajstić information content (AvgIpc) is 4.01. The molecule has 2 aliphatic heterocycles. The molecule has 0 bridgehead atoms. The number of fused-ring (bicyclic) bond motifs is 4. The minimum atomic E-state index is -3.80. The van der Waals surface area contributed by atoms with Gasteiger partial charge < -0.3 is 31.3 Å². The quantitative estimate of drug-likeness (QED) is 0.0698. The van der Waals surface area contributed by atoms with Crippen LogP contribution in [0.15, 0.2) is 143 Å². The first kappa shape index (κ1) is 55.3. The van der Waals surface area contributed by atoms with Crippen molar-refractivity contribution in [3.63, 3.8) is 0 Å². The standard InChI is InChI=1S/C27H27N5O3S.C17H13IN4O.C10H16BNO4S/c1-27(2,3)31-36(34,35)23-11-7-6-10-20(23)17-12-13-22-21(14-17)24(30-26(28)29-22)25(33)32-15-18-8-4-5-9-19(18)16-32;18-12-5-6-14-13(7-12)15(21-17(19)20-14)16(23)22-8-10-3-1-2-4-11(10)9-22;1-10(2,3)12-17(15,16)9-7-5-4-6-8(9)11(13)14/h4-14,31H,15-16H2,1-3H3,(H2,28,29,30);1-7H,8-9H2,(H2,19,20,21);4-7,12-14H,1-3H3. The van der Waals surface area contributed by atoms with E-state index in [1.165, 1.54) is 29.3 Å². The fourth-order valence-corrected chi connectivity index (χ4v) is 12.6. The summed E-state index contributed by atoms with van der Waals surface area (Å²) in [5, 5.41) is 19.5. The highest BCUT2D eigenvalue weighted by molar-refractivity contribution is 14.1. The lowest BCUT2D eigenvalue weighted by atomic mass is 9.80. The number of anilines is 2. The van der Waals surface area contributed by atoms with Gasteiger partial charge in [-0.05, 0) is 134 Å². The second kappa shape index (κ2) is 22.0. The van der Waals surface area contributed by atoms with Crippen LogP contribution in [0.1, 0.15) is 84.8 Å². The Morgan fingerprint density at radius 3 is 1.41 bits per heavy atom. The number of hydrogen-bond acceptors (Lipinski definition) is 14. The van der Waals surface area contributed by atoms with Crippen LogP contribution in [0, 0.1) is 3.57 Å². The van der Waals surface area contributed by atoms with Gasteiger partial charge in [0.05, 0.1) is 20.8 Å². The topological polar surface area (TPSA) is 277 Å². The van der Waals surface area contributed by atoms with Crippen LogP contribution in [0.5, 0.6) is 0 Å². The largest absolute Gasteiger partial charge is 0.489 e. The maximum atomic E-state index is 13.6. The van der Waals surface area contributed by atoms with Crippen LogP contribution < -0.4 is 26.4 Å². The number of sulfonamides is 2. The molecule has 0 saturated carbocycles. The van der Waals surface area contributed by atoms with E-state index in [1.807, 2.05) is 54.6 Å². The molecule has 0 aliphatic carbocycles. The zero-order chi connectivity index (χ0) is 54.9. The van der Waals surface area contributed by atoms with Crippen LogP contribution in [-0.2, 0) is 46.2 Å². The number of nitrogens with two attached hydrogens (primary N) is 2. The predicted molar refractivity (Wildman–Crippen MR) is 303 cm³/mol. The van der Waals surface area contributed by atoms with Gasteiger partial charge in [0.2, 0.25) is 31.9 Å². The second-order valence-electron chi connectivity index (χ2n) is 20.2. The number of aromatic nitrogens is 4. The Morgan fingerprint density at radius 2 is 0.947 bits per heavy atom. The summed E-state index contributed by atoms with van der Waals surface area (Å²) in [5.74, 6) is -0.230. The fourth-order valence-electron chi connectivity index (χ4n) is 8.81. The average molecular weight is 1170 g/mol. The van der Waals surface area contributed by atoms with Crippen LogP contribution >= 0.6 is 22.6 Å². The lowest BCUT2D eigenvalue weighted by Gasteiger charge is -2.22. The van der Waals surface area contributed by atoms with E-state index in [2.05, 4.69) is 64.1 Å². The first-order valence-electron chi connectivity index (χ1n) is 23.9. The van der Waals surface area contributed by atoms with Crippen molar-refractivity contribution in [2.24, 2.45) is 0 Å². The molecule has 0 radical (unpaired) electrons. The summed E-state index contributed by atoms with van der Waals surface area (Å²) in [6.07, 6.45) is 0. The van der Waals surface area contributed by atoms with E-state index in [9.17, 15) is 26.4 Å². The minimum Gasteiger partial charge on any atom is -0.423 e. The molecule has 2 amide bonds. The molecule has 8 N–H and O–H groups in total. The first-order valence-corrected chi connectivity index (χ1v) is 28.0. The number of benzene rings is 6. The number of nitrogen functional groups attached to an aromatic ring is 2. The monoisotopic (exact) mass is 1170 g/mol. The van der Waals surface area contributed by atoms with Crippen LogP contribution in [-0.4, -0.2) is 86.6 Å². The third-order valence-corrected chi connectivity index (χ3v) is 16.2. The summed E-state index contributed by atoms with van der Waals surface area (Å²) in [4.78, 5) is 47.2. The van der Waals surface area contributed by atoms with Gasteiger partial charge in [-0.2, -0.15) is 0 Å². The molecule has 0 unspecified atom stereocenters. The highest BCUT2D eigenvalue weighted by Gasteiger charge is 2.31. The Bertz CT molecular complexity index is 3730. The molecule has 2 aromatic heterocycles. The lowest BCUT2D eigenvalue weighted by Crippen LogP contribution is -2.44. The lowest BCUT2D eigenvalue weighted by molar-refractivity contribution is 0.0741. The van der Waals surface area contributed by atoms with E-state index in [4.69, 9.17) is 21.5 Å². The van der Waals surface area contributed by atoms with E-state index in [0.29, 0.717) is 59.4 Å². The van der Waals surface area contributed by atoms with Gasteiger partial charge >= 0.3 is 7.12 Å². The van der Waals surface area contributed by atoms with Gasteiger partial charge in [0.25, 0.3) is 11.8 Å². The van der Waals surface area contributed by atoms with Gasteiger partial charge in [-0.25, -0.2) is 46.2 Å². The van der Waals surface area contributed by atoms with Gasteiger partial charge in [0.15, 0.2) is 0 Å². The highest BCUT2D eigenvalue weighted by Crippen LogP contribution is 2.33. The third kappa shape index (κ3) is 12.8. The van der Waals surface area contributed by atoms with Gasteiger partial charge in [-0.1, -0.05) is 91.0 Å². The molecule has 0 atom stereocenters. The number of nitrogens with zero attached hydrogens (tertiary/aromatic N) is 6. The summed E-state index contributed by atoms with van der Waals surface area (Å²) in [6.45, 7) is 12.7. The molecule has 8 aromatic rings. The van der Waals surface area contributed by atoms with E-state index < -0.39 is 38.2 Å². The Balaban J connectivity index is 0.000000164. The number of halogens is 1. The normalized spacial score (nSPS) is 13.3. The molecule has 76 heavy (non-hydrogen) atoms. The SMILES string of the molecule is CC(C)(C)NS(=O)(=O)c1ccccc1-c1ccc2nc(N)nc(C(=O)N3Cc4ccccc4C3)c2c1.CC(C)(C)NS(=O)(=O)c1ccccc1B(O)O.Nc1nc(C(=O)N2Cc3ccccc3C2)c2cc(I)ccc2n1. The molecule has 0 fully saturated rings. The fraction of sp³-hybridized carbons (Fsp3) is 0.222. The summed E-state index contributed by atoms with van der Waals surface area (Å²) in [6, 6.07) is 39.6. The number of amides is 2. The van der Waals surface area contributed by atoms with Crippen molar-refractivity contribution >= 4 is 101 Å². The maximum absolute atomic E-state index is 13.6. The van der Waals surface area contributed by atoms with Crippen LogP contribution in [0.4, 0.5) is 11.9 Å². The Kier molecular flexibility index (Phi) is 16.0. The van der Waals surface area contributed by atoms with Crippen LogP contribution in [0.25, 0.3) is 32.9 Å². The summed E-state index contributed by atoms with van der Waals surface area (Å²) in [5.41, 5.74) is 17.9. The molecule has 0 spiro atoms. The van der Waals surface area contributed by atoms with E-state index in [-0.39, 0.29) is 44.7 Å². The summed E-state index contributed by atoms with van der Waals surface area (Å²) < 4.78 is 56.7. The molecular formula is C54H56BIN10O8S2. The van der Waals surface area contributed by atoms with Crippen LogP contribution in [0.3, 0.4) is 0 Å². The smallest absolute Gasteiger partial charge is 0.423 e. The van der Waals surface area contributed by atoms with Gasteiger partial charge in [-0.3, -0.25) is 9.59 Å². The number of nitrogens with one attached hydrogen (secondary N) is 2. The second-order valence-corrected chi connectivity index (χ2v) is 24.8. The molecule has 10 rings (SSSR count). The summed E-state index contributed by atoms with van der Waals surface area (Å²) >= 11 is 2.21. The molecule has 4 heterocycles. The number of hydrogen-bond donors (Lipinski definition) is 6. The molecule has 22 heteroatoms. The number of carbonyl (C=O) groups excluding carboxylic acids is 2. The molecule has 0 saturated heterocycles. The zero-order valence-corrected chi connectivity index (χ0v) is 46.3. The Morgan fingerprint density at radius 1 is 0.553 bits per heavy atom. The van der Waals surface area contributed by atoms with Crippen molar-refractivity contribution in [2.75, 3.05) is 11.5 Å². The van der Waals surface area contributed by atoms with Crippen molar-refractivity contribution in [3.8, 4) is 11.1 Å². The van der Waals surface area contributed by atoms with E-state index >= 15 is 0 Å². The van der Waals surface area contributed by atoms with E-state index in [0.717, 1.165) is 20.1 Å². The molecule has 2 aliphatic rings. The van der Waals surface area contributed by atoms with Gasteiger partial charge in [-0.15, -0.1) is 0 Å². The number of rotatable bonds is 8. The van der Waals surface area contributed by atoms with Crippen molar-refractivity contribution in [1.82, 2.24) is 39.2 Å². The molecule has 6 aromatic carbocycles. The third-order valence-electron chi connectivity index (χ3n) is 11.9. The van der Waals surface area contributed by atoms with Crippen molar-refractivity contribution in [1.29, 1.82) is 0 Å². The predicted octanol–water partition coefficient (Wildman–Crippen LogP) is 6.53. The van der Waals surface area contributed by atoms with Crippen molar-refractivity contribution in [3.05, 3.63) is 171 Å². The molecule has 18 nitrogen and oxygen atoms in total. The van der Waals surface area contributed by atoms with Crippen molar-refractivity contribution in [2.45, 2.75) is 88.6 Å².